The van der Waals surface area contributed by atoms with Gasteiger partial charge in [-0.1, -0.05) is 30.3 Å². The number of carboxylic acids is 1. The zero-order chi connectivity index (χ0) is 21.6. The number of carbonyl (C=O) groups is 1. The van der Waals surface area contributed by atoms with Crippen molar-refractivity contribution in [1.29, 1.82) is 0 Å². The van der Waals surface area contributed by atoms with Crippen molar-refractivity contribution in [2.75, 3.05) is 6.61 Å². The highest BCUT2D eigenvalue weighted by Gasteiger charge is 2.19. The minimum Gasteiger partial charge on any atom is -0.493 e. The van der Waals surface area contributed by atoms with E-state index < -0.39 is 12.0 Å². The van der Waals surface area contributed by atoms with Crippen LogP contribution in [0.1, 0.15) is 23.1 Å². The van der Waals surface area contributed by atoms with Crippen LogP contribution in [-0.2, 0) is 17.6 Å². The van der Waals surface area contributed by atoms with Gasteiger partial charge >= 0.3 is 5.97 Å². The van der Waals surface area contributed by atoms with Crippen LogP contribution in [0.15, 0.2) is 83.5 Å². The molecule has 0 bridgehead atoms. The molecule has 6 heteroatoms. The lowest BCUT2D eigenvalue weighted by Gasteiger charge is -2.15. The topological polar surface area (TPSA) is 77.5 Å². The van der Waals surface area contributed by atoms with Gasteiger partial charge in [-0.2, -0.15) is 0 Å². The highest BCUT2D eigenvalue weighted by molar-refractivity contribution is 5.72. The van der Waals surface area contributed by atoms with Crippen molar-refractivity contribution in [2.45, 2.75) is 25.8 Å². The Hall–Kier alpha value is -3.80. The molecule has 2 aromatic heterocycles. The van der Waals surface area contributed by atoms with Crippen molar-refractivity contribution in [2.24, 2.45) is 0 Å². The van der Waals surface area contributed by atoms with Gasteiger partial charge in [-0.25, -0.2) is 9.78 Å². The van der Waals surface area contributed by atoms with Crippen LogP contribution in [0.5, 0.6) is 5.75 Å². The Bertz CT molecular complexity index is 1120. The average Bonchev–Trinajstić information content (AvgIpc) is 3.44. The fourth-order valence-electron chi connectivity index (χ4n) is 3.45. The van der Waals surface area contributed by atoms with E-state index in [9.17, 15) is 9.90 Å². The third kappa shape index (κ3) is 5.04. The van der Waals surface area contributed by atoms with Gasteiger partial charge in [0.2, 0.25) is 5.89 Å². The fourth-order valence-corrected chi connectivity index (χ4v) is 3.45. The van der Waals surface area contributed by atoms with E-state index >= 15 is 0 Å². The Labute approximate surface area is 180 Å². The van der Waals surface area contributed by atoms with Crippen LogP contribution in [0, 0.1) is 6.92 Å². The Morgan fingerprint density at radius 2 is 1.77 bits per heavy atom. The Kier molecular flexibility index (Phi) is 6.17. The van der Waals surface area contributed by atoms with E-state index in [1.165, 1.54) is 0 Å². The molecule has 4 rings (SSSR count). The van der Waals surface area contributed by atoms with E-state index in [2.05, 4.69) is 4.98 Å². The first-order chi connectivity index (χ1) is 15.1. The normalized spacial score (nSPS) is 11.9. The molecule has 0 aliphatic carbocycles. The summed E-state index contributed by atoms with van der Waals surface area (Å²) in [7, 11) is 0. The van der Waals surface area contributed by atoms with Gasteiger partial charge in [-0.3, -0.25) is 0 Å². The number of oxazole rings is 1. The molecule has 0 amide bonds. The first-order valence-electron chi connectivity index (χ1n) is 10.2. The molecule has 158 valence electrons. The second-order valence-electron chi connectivity index (χ2n) is 7.32. The third-order valence-corrected chi connectivity index (χ3v) is 5.15. The van der Waals surface area contributed by atoms with Crippen molar-refractivity contribution in [3.8, 4) is 17.2 Å². The second kappa shape index (κ2) is 9.34. The predicted octanol–water partition coefficient (Wildman–Crippen LogP) is 4.94. The largest absolute Gasteiger partial charge is 0.493 e. The van der Waals surface area contributed by atoms with Crippen molar-refractivity contribution in [3.63, 3.8) is 0 Å². The van der Waals surface area contributed by atoms with Gasteiger partial charge in [0, 0.05) is 30.8 Å². The quantitative estimate of drug-likeness (QED) is 0.418. The van der Waals surface area contributed by atoms with Crippen LogP contribution in [0.3, 0.4) is 0 Å². The minimum absolute atomic E-state index is 0.407. The summed E-state index contributed by atoms with van der Waals surface area (Å²) in [4.78, 5) is 16.2. The van der Waals surface area contributed by atoms with E-state index in [0.29, 0.717) is 25.3 Å². The second-order valence-corrected chi connectivity index (χ2v) is 7.32. The van der Waals surface area contributed by atoms with Crippen LogP contribution >= 0.6 is 0 Å². The van der Waals surface area contributed by atoms with E-state index in [1.54, 1.807) is 17.0 Å². The molecule has 0 unspecified atom stereocenters. The lowest BCUT2D eigenvalue weighted by atomic mass is 10.1. The number of carboxylic acid groups (broad SMARTS) is 1. The predicted molar refractivity (Wildman–Crippen MR) is 117 cm³/mol. The molecule has 2 heterocycles. The molecular formula is C25H24N2O4. The van der Waals surface area contributed by atoms with Gasteiger partial charge in [0.15, 0.2) is 0 Å². The molecule has 4 aromatic rings. The molecule has 0 saturated carbocycles. The van der Waals surface area contributed by atoms with Crippen molar-refractivity contribution in [3.05, 3.63) is 96.1 Å². The summed E-state index contributed by atoms with van der Waals surface area (Å²) in [5, 5.41) is 9.52. The van der Waals surface area contributed by atoms with E-state index in [1.807, 2.05) is 73.7 Å². The fraction of sp³-hybridized carbons (Fsp3) is 0.200. The highest BCUT2D eigenvalue weighted by Crippen LogP contribution is 2.22. The molecule has 0 spiro atoms. The zero-order valence-electron chi connectivity index (χ0n) is 17.3. The Morgan fingerprint density at radius 3 is 2.45 bits per heavy atom. The smallest absolute Gasteiger partial charge is 0.327 e. The van der Waals surface area contributed by atoms with Gasteiger partial charge in [-0.05, 0) is 48.9 Å². The van der Waals surface area contributed by atoms with Gasteiger partial charge in [0.1, 0.15) is 17.6 Å². The number of hydrogen-bond donors (Lipinski definition) is 1. The van der Waals surface area contributed by atoms with Crippen molar-refractivity contribution < 1.29 is 19.1 Å². The highest BCUT2D eigenvalue weighted by atomic mass is 16.5. The van der Waals surface area contributed by atoms with E-state index in [-0.39, 0.29) is 0 Å². The monoisotopic (exact) mass is 416 g/mol. The maximum Gasteiger partial charge on any atom is 0.327 e. The number of nitrogens with zero attached hydrogens (tertiary/aromatic N) is 2. The summed E-state index contributed by atoms with van der Waals surface area (Å²) < 4.78 is 13.4. The van der Waals surface area contributed by atoms with Gasteiger partial charge in [0.05, 0.1) is 12.3 Å². The van der Waals surface area contributed by atoms with Gasteiger partial charge < -0.3 is 18.8 Å². The Balaban J connectivity index is 1.33. The SMILES string of the molecule is Cc1oc(-c2ccccc2)nc1CCOc1ccc(C[C@H](C(=O)O)n2cccc2)cc1. The number of ether oxygens (including phenoxy) is 1. The first kappa shape index (κ1) is 20.5. The molecule has 31 heavy (non-hydrogen) atoms. The van der Waals surface area contributed by atoms with Crippen molar-refractivity contribution >= 4 is 5.97 Å². The summed E-state index contributed by atoms with van der Waals surface area (Å²) in [6, 6.07) is 20.4. The number of hydrogen-bond acceptors (Lipinski definition) is 4. The van der Waals surface area contributed by atoms with Gasteiger partial charge in [-0.15, -0.1) is 0 Å². The van der Waals surface area contributed by atoms with Crippen LogP contribution < -0.4 is 4.74 Å². The zero-order valence-corrected chi connectivity index (χ0v) is 17.3. The first-order valence-corrected chi connectivity index (χ1v) is 10.2. The third-order valence-electron chi connectivity index (χ3n) is 5.15. The molecular weight excluding hydrogens is 392 g/mol. The number of rotatable bonds is 9. The summed E-state index contributed by atoms with van der Waals surface area (Å²) in [6.07, 6.45) is 4.58. The van der Waals surface area contributed by atoms with Crippen LogP contribution in [0.25, 0.3) is 11.5 Å². The molecule has 0 saturated heterocycles. The summed E-state index contributed by atoms with van der Waals surface area (Å²) in [6.45, 7) is 2.38. The van der Waals surface area contributed by atoms with Gasteiger partial charge in [0.25, 0.3) is 0 Å². The van der Waals surface area contributed by atoms with Crippen molar-refractivity contribution in [1.82, 2.24) is 9.55 Å². The molecule has 1 N–H and O–H groups in total. The number of aromatic nitrogens is 2. The van der Waals surface area contributed by atoms with E-state index in [4.69, 9.17) is 9.15 Å². The minimum atomic E-state index is -0.852. The molecule has 0 aliphatic rings. The molecule has 0 fully saturated rings. The molecule has 2 aromatic carbocycles. The number of benzene rings is 2. The van der Waals surface area contributed by atoms with Crippen LogP contribution in [0.4, 0.5) is 0 Å². The maximum absolute atomic E-state index is 11.6. The molecule has 0 radical (unpaired) electrons. The summed E-state index contributed by atoms with van der Waals surface area (Å²) in [5.41, 5.74) is 2.77. The summed E-state index contributed by atoms with van der Waals surface area (Å²) >= 11 is 0. The molecule has 1 atom stereocenters. The number of aliphatic carboxylic acids is 1. The average molecular weight is 416 g/mol. The lowest BCUT2D eigenvalue weighted by Crippen LogP contribution is -2.20. The standard InChI is InChI=1S/C25H24N2O4/c1-18-22(26-24(31-18)20-7-3-2-4-8-20)13-16-30-21-11-9-19(10-12-21)17-23(25(28)29)27-14-5-6-15-27/h2-12,14-15,23H,13,16-17H2,1H3,(H,28,29)/t23-/m1/s1. The summed E-state index contributed by atoms with van der Waals surface area (Å²) in [5.74, 6) is 1.30. The van der Waals surface area contributed by atoms with Crippen LogP contribution in [0.2, 0.25) is 0 Å². The molecule has 6 nitrogen and oxygen atoms in total. The maximum atomic E-state index is 11.6. The number of aryl methyl sites for hydroxylation is 1. The molecule has 0 aliphatic heterocycles. The van der Waals surface area contributed by atoms with Crippen LogP contribution in [-0.4, -0.2) is 27.2 Å². The lowest BCUT2D eigenvalue weighted by molar-refractivity contribution is -0.140. The van der Waals surface area contributed by atoms with E-state index in [0.717, 1.165) is 28.3 Å². The Morgan fingerprint density at radius 1 is 1.06 bits per heavy atom.